The smallest absolute Gasteiger partial charge is 0.343 e. The SMILES string of the molecule is CSc1nc(-c2ccco2)nc(C)c1C(=O)OCC(=O)Nc1cccc2nsnc12. The van der Waals surface area contributed by atoms with Gasteiger partial charge in [0.05, 0.1) is 29.4 Å². The topological polar surface area (TPSA) is 120 Å². The van der Waals surface area contributed by atoms with Crippen LogP contribution in [0.1, 0.15) is 16.1 Å². The Labute approximate surface area is 179 Å². The number of rotatable bonds is 6. The Morgan fingerprint density at radius 2 is 2.07 bits per heavy atom. The molecule has 0 aliphatic carbocycles. The van der Waals surface area contributed by atoms with Crippen molar-refractivity contribution in [1.82, 2.24) is 18.7 Å². The molecule has 1 N–H and O–H groups in total. The van der Waals surface area contributed by atoms with E-state index >= 15 is 0 Å². The molecule has 0 saturated carbocycles. The Morgan fingerprint density at radius 3 is 2.83 bits per heavy atom. The standard InChI is InChI=1S/C19H15N5O4S2/c1-10-15(18(29-2)22-17(20-10)13-7-4-8-27-13)19(26)28-9-14(25)21-11-5-3-6-12-16(11)24-30-23-12/h3-8H,9H2,1-2H3,(H,21,25). The lowest BCUT2D eigenvalue weighted by Gasteiger charge is -2.11. The zero-order valence-corrected chi connectivity index (χ0v) is 17.5. The summed E-state index contributed by atoms with van der Waals surface area (Å²) < 4.78 is 18.8. The van der Waals surface area contributed by atoms with Crippen LogP contribution in [0.3, 0.4) is 0 Å². The number of aryl methyl sites for hydroxylation is 1. The summed E-state index contributed by atoms with van der Waals surface area (Å²) in [5, 5.41) is 3.13. The van der Waals surface area contributed by atoms with Crippen molar-refractivity contribution in [2.45, 2.75) is 11.9 Å². The number of carbonyl (C=O) groups excluding carboxylic acids is 2. The van der Waals surface area contributed by atoms with Gasteiger partial charge in [-0.15, -0.1) is 11.8 Å². The maximum Gasteiger partial charge on any atom is 0.343 e. The molecule has 0 saturated heterocycles. The molecule has 4 rings (SSSR count). The normalized spacial score (nSPS) is 10.9. The van der Waals surface area contributed by atoms with Gasteiger partial charge in [0.2, 0.25) is 0 Å². The van der Waals surface area contributed by atoms with E-state index in [1.165, 1.54) is 18.0 Å². The summed E-state index contributed by atoms with van der Waals surface area (Å²) in [7, 11) is 0. The first-order chi connectivity index (χ1) is 14.6. The Balaban J connectivity index is 1.47. The van der Waals surface area contributed by atoms with Gasteiger partial charge in [0.25, 0.3) is 5.91 Å². The van der Waals surface area contributed by atoms with E-state index in [9.17, 15) is 9.59 Å². The summed E-state index contributed by atoms with van der Waals surface area (Å²) in [6, 6.07) is 8.74. The molecule has 3 heterocycles. The Bertz CT molecular complexity index is 1220. The number of furan rings is 1. The average molecular weight is 441 g/mol. The molecule has 9 nitrogen and oxygen atoms in total. The van der Waals surface area contributed by atoms with Crippen LogP contribution in [0.15, 0.2) is 46.0 Å². The fourth-order valence-corrected chi connectivity index (χ4v) is 3.90. The third-order valence-corrected chi connectivity index (χ3v) is 5.31. The number of aromatic nitrogens is 4. The Hall–Kier alpha value is -3.31. The van der Waals surface area contributed by atoms with Crippen LogP contribution in [0.5, 0.6) is 0 Å². The zero-order chi connectivity index (χ0) is 21.1. The number of thioether (sulfide) groups is 1. The van der Waals surface area contributed by atoms with E-state index in [0.717, 1.165) is 11.7 Å². The van der Waals surface area contributed by atoms with E-state index in [4.69, 9.17) is 9.15 Å². The van der Waals surface area contributed by atoms with Crippen molar-refractivity contribution in [3.63, 3.8) is 0 Å². The minimum absolute atomic E-state index is 0.219. The van der Waals surface area contributed by atoms with E-state index < -0.39 is 18.5 Å². The summed E-state index contributed by atoms with van der Waals surface area (Å²) in [6.45, 7) is 1.22. The van der Waals surface area contributed by atoms with E-state index in [-0.39, 0.29) is 5.56 Å². The third-order valence-electron chi connectivity index (χ3n) is 4.09. The average Bonchev–Trinajstić information content (AvgIpc) is 3.43. The lowest BCUT2D eigenvalue weighted by Crippen LogP contribution is -2.22. The minimum atomic E-state index is -0.675. The van der Waals surface area contributed by atoms with Crippen LogP contribution in [-0.2, 0) is 9.53 Å². The molecule has 0 fully saturated rings. The first kappa shape index (κ1) is 20.0. The highest BCUT2D eigenvalue weighted by Gasteiger charge is 2.22. The highest BCUT2D eigenvalue weighted by Crippen LogP contribution is 2.26. The number of amides is 1. The highest BCUT2D eigenvalue weighted by atomic mass is 32.2. The number of carbonyl (C=O) groups is 2. The van der Waals surface area contributed by atoms with Crippen LogP contribution in [0, 0.1) is 6.92 Å². The number of anilines is 1. The number of nitrogens with zero attached hydrogens (tertiary/aromatic N) is 4. The van der Waals surface area contributed by atoms with E-state index in [0.29, 0.717) is 39.0 Å². The van der Waals surface area contributed by atoms with Crippen LogP contribution < -0.4 is 5.32 Å². The molecule has 0 spiro atoms. The first-order valence-electron chi connectivity index (χ1n) is 8.71. The van der Waals surface area contributed by atoms with Crippen LogP contribution in [0.2, 0.25) is 0 Å². The Morgan fingerprint density at radius 1 is 1.20 bits per heavy atom. The molecule has 1 amide bonds. The molecule has 11 heteroatoms. The van der Waals surface area contributed by atoms with Crippen molar-refractivity contribution in [2.75, 3.05) is 18.2 Å². The van der Waals surface area contributed by atoms with Gasteiger partial charge in [-0.05, 0) is 37.4 Å². The second kappa shape index (κ2) is 8.59. The summed E-state index contributed by atoms with van der Waals surface area (Å²) in [6.07, 6.45) is 3.31. The summed E-state index contributed by atoms with van der Waals surface area (Å²) in [5.41, 5.74) is 2.43. The van der Waals surface area contributed by atoms with Crippen LogP contribution >= 0.6 is 23.5 Å². The van der Waals surface area contributed by atoms with E-state index in [1.807, 2.05) is 0 Å². The number of esters is 1. The molecular formula is C19H15N5O4S2. The molecule has 3 aromatic heterocycles. The van der Waals surface area contributed by atoms with Crippen molar-refractivity contribution < 1.29 is 18.7 Å². The van der Waals surface area contributed by atoms with E-state index in [1.54, 1.807) is 43.5 Å². The lowest BCUT2D eigenvalue weighted by molar-refractivity contribution is -0.119. The number of fused-ring (bicyclic) bond motifs is 1. The van der Waals surface area contributed by atoms with Crippen LogP contribution in [0.4, 0.5) is 5.69 Å². The van der Waals surface area contributed by atoms with Crippen LogP contribution in [0.25, 0.3) is 22.6 Å². The molecular weight excluding hydrogens is 426 g/mol. The second-order valence-corrected chi connectivity index (χ2v) is 7.38. The highest BCUT2D eigenvalue weighted by molar-refractivity contribution is 7.98. The quantitative estimate of drug-likeness (QED) is 0.272. The van der Waals surface area contributed by atoms with E-state index in [2.05, 4.69) is 24.0 Å². The fourth-order valence-electron chi connectivity index (χ4n) is 2.74. The van der Waals surface area contributed by atoms with Gasteiger partial charge in [0.1, 0.15) is 21.6 Å². The van der Waals surface area contributed by atoms with Gasteiger partial charge in [-0.1, -0.05) is 6.07 Å². The molecule has 1 aromatic carbocycles. The van der Waals surface area contributed by atoms with Crippen molar-refractivity contribution in [1.29, 1.82) is 0 Å². The molecule has 0 bridgehead atoms. The lowest BCUT2D eigenvalue weighted by atomic mass is 10.2. The summed E-state index contributed by atoms with van der Waals surface area (Å²) >= 11 is 2.34. The molecule has 152 valence electrons. The molecule has 0 radical (unpaired) electrons. The van der Waals surface area contributed by atoms with Crippen LogP contribution in [-0.4, -0.2) is 43.5 Å². The van der Waals surface area contributed by atoms with Gasteiger partial charge in [0.15, 0.2) is 18.2 Å². The van der Waals surface area contributed by atoms with Gasteiger partial charge in [0, 0.05) is 0 Å². The van der Waals surface area contributed by atoms with Crippen molar-refractivity contribution in [2.24, 2.45) is 0 Å². The number of nitrogens with one attached hydrogen (secondary N) is 1. The minimum Gasteiger partial charge on any atom is -0.461 e. The first-order valence-corrected chi connectivity index (χ1v) is 10.7. The monoisotopic (exact) mass is 441 g/mol. The molecule has 30 heavy (non-hydrogen) atoms. The van der Waals surface area contributed by atoms with Gasteiger partial charge >= 0.3 is 5.97 Å². The predicted octanol–water partition coefficient (Wildman–Crippen LogP) is 3.57. The predicted molar refractivity (Wildman–Crippen MR) is 113 cm³/mol. The zero-order valence-electron chi connectivity index (χ0n) is 15.9. The second-order valence-electron chi connectivity index (χ2n) is 6.06. The van der Waals surface area contributed by atoms with Gasteiger partial charge in [-0.3, -0.25) is 4.79 Å². The number of hydrogen-bond acceptors (Lipinski definition) is 10. The molecule has 0 atom stereocenters. The maximum atomic E-state index is 12.6. The van der Waals surface area contributed by atoms with Crippen molar-refractivity contribution in [3.8, 4) is 11.6 Å². The molecule has 0 unspecified atom stereocenters. The fraction of sp³-hybridized carbons (Fsp3) is 0.158. The molecule has 4 aromatic rings. The molecule has 0 aliphatic rings. The number of benzene rings is 1. The number of ether oxygens (including phenoxy) is 1. The Kier molecular flexibility index (Phi) is 5.72. The van der Waals surface area contributed by atoms with Gasteiger partial charge in [-0.2, -0.15) is 8.75 Å². The summed E-state index contributed by atoms with van der Waals surface area (Å²) in [4.78, 5) is 33.6. The maximum absolute atomic E-state index is 12.6. The molecule has 0 aliphatic heterocycles. The van der Waals surface area contributed by atoms with Crippen molar-refractivity contribution in [3.05, 3.63) is 47.9 Å². The van der Waals surface area contributed by atoms with Gasteiger partial charge < -0.3 is 14.5 Å². The largest absolute Gasteiger partial charge is 0.461 e. The van der Waals surface area contributed by atoms with Gasteiger partial charge in [-0.25, -0.2) is 14.8 Å². The third kappa shape index (κ3) is 4.02. The summed E-state index contributed by atoms with van der Waals surface area (Å²) in [5.74, 6) is -0.286. The number of hydrogen-bond donors (Lipinski definition) is 1. The van der Waals surface area contributed by atoms with Crippen molar-refractivity contribution >= 4 is 52.1 Å².